The topological polar surface area (TPSA) is 0 Å². The summed E-state index contributed by atoms with van der Waals surface area (Å²) in [6.45, 7) is 6.96. The molecule has 0 atom stereocenters. The van der Waals surface area contributed by atoms with Crippen molar-refractivity contribution in [2.45, 2.75) is 136 Å². The van der Waals surface area contributed by atoms with Crippen LogP contribution in [0.4, 0.5) is 0 Å². The molecule has 0 radical (unpaired) electrons. The summed E-state index contributed by atoms with van der Waals surface area (Å²) < 4.78 is 0. The van der Waals surface area contributed by atoms with Gasteiger partial charge in [0.2, 0.25) is 0 Å². The molecule has 0 heterocycles. The molecule has 0 saturated heterocycles. The zero-order chi connectivity index (χ0) is 18.4. The molecule has 0 fully saturated rings. The van der Waals surface area contributed by atoms with E-state index in [9.17, 15) is 0 Å². The maximum absolute atomic E-state index is 2.32. The van der Waals surface area contributed by atoms with E-state index in [0.717, 1.165) is 0 Å². The third-order valence-corrected chi connectivity index (χ3v) is 8.33. The van der Waals surface area contributed by atoms with Gasteiger partial charge in [-0.3, -0.25) is 0 Å². The molecule has 0 spiro atoms. The molecule has 0 bridgehead atoms. The normalized spacial score (nSPS) is 11.1. The van der Waals surface area contributed by atoms with Gasteiger partial charge in [-0.25, -0.2) is 0 Å². The second-order valence-electron chi connectivity index (χ2n) is 8.14. The van der Waals surface area contributed by atoms with Crippen LogP contribution >= 0.6 is 7.92 Å². The van der Waals surface area contributed by atoms with Crippen molar-refractivity contribution in [2.75, 3.05) is 18.5 Å². The molecule has 158 valence electrons. The Labute approximate surface area is 182 Å². The molecule has 0 saturated carbocycles. The van der Waals surface area contributed by atoms with Crippen LogP contribution in [0, 0.1) is 0 Å². The molecule has 0 unspecified atom stereocenters. The summed E-state index contributed by atoms with van der Waals surface area (Å²) in [6, 6.07) is 0. The molecule has 0 aliphatic rings. The molecule has 0 aromatic rings. The van der Waals surface area contributed by atoms with Crippen LogP contribution in [-0.4, -0.2) is 38.3 Å². The standard InChI is InChI=1S/C24H51P.Ga.3H/c1-4-7-10-13-16-19-22-25(23-20-17-14-11-8-5-2)24-21-18-15-12-9-6-3;;;;/h4-24H2,1-3H3;;;;. The average molecular weight is 443 g/mol. The predicted octanol–water partition coefficient (Wildman–Crippen LogP) is 8.37. The first-order chi connectivity index (χ1) is 12.3. The second-order valence-corrected chi connectivity index (χ2v) is 10.8. The fourth-order valence-electron chi connectivity index (χ4n) is 3.68. The Morgan fingerprint density at radius 2 is 0.577 bits per heavy atom. The van der Waals surface area contributed by atoms with Gasteiger partial charge in [0.15, 0.2) is 0 Å². The minimum absolute atomic E-state index is 0. The van der Waals surface area contributed by atoms with Gasteiger partial charge in [-0.15, -0.1) is 7.92 Å². The predicted molar refractivity (Wildman–Crippen MR) is 132 cm³/mol. The van der Waals surface area contributed by atoms with E-state index in [2.05, 4.69) is 20.8 Å². The first kappa shape index (κ1) is 29.3. The molecule has 2 heteroatoms. The van der Waals surface area contributed by atoms with E-state index in [4.69, 9.17) is 0 Å². The minimum atomic E-state index is 0. The van der Waals surface area contributed by atoms with Crippen molar-refractivity contribution in [3.05, 3.63) is 0 Å². The molecule has 0 aliphatic heterocycles. The average Bonchev–Trinajstić information content (AvgIpc) is 2.63. The fourth-order valence-corrected chi connectivity index (χ4v) is 6.37. The third kappa shape index (κ3) is 23.1. The number of rotatable bonds is 21. The van der Waals surface area contributed by atoms with Crippen LogP contribution in [0.3, 0.4) is 0 Å². The molecular weight excluding hydrogens is 389 g/mol. The summed E-state index contributed by atoms with van der Waals surface area (Å²) in [6.07, 6.45) is 31.2. The molecule has 0 rings (SSSR count). The Hall–Kier alpha value is 1.07. The van der Waals surface area contributed by atoms with Gasteiger partial charge in [-0.2, -0.15) is 0 Å². The van der Waals surface area contributed by atoms with Crippen LogP contribution in [0.5, 0.6) is 0 Å². The van der Waals surface area contributed by atoms with Gasteiger partial charge < -0.3 is 0 Å². The molecule has 26 heavy (non-hydrogen) atoms. The van der Waals surface area contributed by atoms with Crippen molar-refractivity contribution >= 4 is 27.7 Å². The summed E-state index contributed by atoms with van der Waals surface area (Å²) >= 11 is 0. The first-order valence-corrected chi connectivity index (χ1v) is 14.0. The van der Waals surface area contributed by atoms with Gasteiger partial charge in [0.05, 0.1) is 0 Å². The van der Waals surface area contributed by atoms with E-state index < -0.39 is 0 Å². The van der Waals surface area contributed by atoms with Crippen LogP contribution < -0.4 is 0 Å². The Morgan fingerprint density at radius 1 is 0.346 bits per heavy atom. The molecule has 0 nitrogen and oxygen atoms in total. The van der Waals surface area contributed by atoms with Crippen molar-refractivity contribution in [1.29, 1.82) is 0 Å². The van der Waals surface area contributed by atoms with Crippen LogP contribution in [0.15, 0.2) is 0 Å². The molecule has 0 amide bonds. The number of hydrogen-bond acceptors (Lipinski definition) is 0. The Kier molecular flexibility index (Phi) is 29.3. The fraction of sp³-hybridized carbons (Fsp3) is 1.00. The zero-order valence-electron chi connectivity index (χ0n) is 18.3. The molecule has 0 aromatic carbocycles. The van der Waals surface area contributed by atoms with Gasteiger partial charge in [0.1, 0.15) is 0 Å². The summed E-state index contributed by atoms with van der Waals surface area (Å²) in [7, 11) is 0.366. The van der Waals surface area contributed by atoms with Gasteiger partial charge in [0.25, 0.3) is 0 Å². The van der Waals surface area contributed by atoms with Crippen molar-refractivity contribution in [3.63, 3.8) is 0 Å². The number of unbranched alkanes of at least 4 members (excludes halogenated alkanes) is 15. The SMILES string of the molecule is CCCCCCCCP(CCCCCCCC)CCCCCCCC.[GaH3]. The van der Waals surface area contributed by atoms with Crippen LogP contribution in [0.2, 0.25) is 0 Å². The van der Waals surface area contributed by atoms with Crippen LogP contribution in [0.1, 0.15) is 136 Å². The van der Waals surface area contributed by atoms with Crippen LogP contribution in [0.25, 0.3) is 0 Å². The van der Waals surface area contributed by atoms with Crippen molar-refractivity contribution in [1.82, 2.24) is 0 Å². The van der Waals surface area contributed by atoms with E-state index in [1.807, 2.05) is 0 Å². The Bertz CT molecular complexity index is 194. The van der Waals surface area contributed by atoms with E-state index in [1.165, 1.54) is 116 Å². The van der Waals surface area contributed by atoms with E-state index in [-0.39, 0.29) is 19.8 Å². The second kappa shape index (κ2) is 26.1. The van der Waals surface area contributed by atoms with Gasteiger partial charge in [-0.1, -0.05) is 117 Å². The van der Waals surface area contributed by atoms with Gasteiger partial charge in [-0.05, 0) is 37.7 Å². The van der Waals surface area contributed by atoms with E-state index in [1.54, 1.807) is 18.5 Å². The van der Waals surface area contributed by atoms with E-state index >= 15 is 0 Å². The molecule has 0 aliphatic carbocycles. The third-order valence-electron chi connectivity index (χ3n) is 5.48. The monoisotopic (exact) mass is 442 g/mol. The summed E-state index contributed by atoms with van der Waals surface area (Å²) in [5, 5.41) is 0. The van der Waals surface area contributed by atoms with Crippen LogP contribution in [-0.2, 0) is 0 Å². The summed E-state index contributed by atoms with van der Waals surface area (Å²) in [4.78, 5) is 0. The summed E-state index contributed by atoms with van der Waals surface area (Å²) in [5.74, 6) is 0. The van der Waals surface area contributed by atoms with E-state index in [0.29, 0.717) is 7.92 Å². The first-order valence-electron chi connectivity index (χ1n) is 12.1. The van der Waals surface area contributed by atoms with Crippen molar-refractivity contribution in [3.8, 4) is 0 Å². The van der Waals surface area contributed by atoms with Crippen molar-refractivity contribution < 1.29 is 0 Å². The molecular formula is C24H54GaP. The molecule has 0 N–H and O–H groups in total. The van der Waals surface area contributed by atoms with Crippen molar-refractivity contribution in [2.24, 2.45) is 0 Å². The van der Waals surface area contributed by atoms with Gasteiger partial charge in [0, 0.05) is 0 Å². The number of hydrogen-bond donors (Lipinski definition) is 0. The quantitative estimate of drug-likeness (QED) is 0.0950. The Balaban J connectivity index is 0. The maximum atomic E-state index is 2.32. The van der Waals surface area contributed by atoms with Gasteiger partial charge >= 0.3 is 19.8 Å². The summed E-state index contributed by atoms with van der Waals surface area (Å²) in [5.41, 5.74) is 0. The Morgan fingerprint density at radius 3 is 0.846 bits per heavy atom. The zero-order valence-corrected chi connectivity index (χ0v) is 19.2. The molecule has 0 aromatic heterocycles.